The summed E-state index contributed by atoms with van der Waals surface area (Å²) in [7, 11) is 0. The molecule has 1 saturated heterocycles. The molecule has 17 heavy (non-hydrogen) atoms. The molecule has 0 atom stereocenters. The van der Waals surface area contributed by atoms with E-state index in [4.69, 9.17) is 0 Å². The highest BCUT2D eigenvalue weighted by atomic mass is 16.1. The SMILES string of the molecule is CCCCC(=O)c1cn(C2CCNCC2)nn1. The van der Waals surface area contributed by atoms with Gasteiger partial charge in [0.05, 0.1) is 12.2 Å². The van der Waals surface area contributed by atoms with Crippen LogP contribution in [0.1, 0.15) is 55.6 Å². The van der Waals surface area contributed by atoms with Crippen LogP contribution in [0.5, 0.6) is 0 Å². The van der Waals surface area contributed by atoms with Crippen LogP contribution in [0.4, 0.5) is 0 Å². The van der Waals surface area contributed by atoms with Crippen molar-refractivity contribution in [3.8, 4) is 0 Å². The molecule has 0 aromatic carbocycles. The number of piperidine rings is 1. The summed E-state index contributed by atoms with van der Waals surface area (Å²) >= 11 is 0. The smallest absolute Gasteiger partial charge is 0.184 e. The first-order valence-corrected chi connectivity index (χ1v) is 6.47. The Labute approximate surface area is 102 Å². The predicted octanol–water partition coefficient (Wildman–Crippen LogP) is 1.58. The lowest BCUT2D eigenvalue weighted by Gasteiger charge is -2.22. The zero-order chi connectivity index (χ0) is 12.1. The largest absolute Gasteiger partial charge is 0.317 e. The number of hydrogen-bond acceptors (Lipinski definition) is 4. The number of carbonyl (C=O) groups excluding carboxylic acids is 1. The topological polar surface area (TPSA) is 59.8 Å². The van der Waals surface area contributed by atoms with Gasteiger partial charge in [0.25, 0.3) is 0 Å². The second-order valence-electron chi connectivity index (χ2n) is 4.59. The van der Waals surface area contributed by atoms with Gasteiger partial charge in [-0.3, -0.25) is 4.79 Å². The summed E-state index contributed by atoms with van der Waals surface area (Å²) in [6.07, 6.45) is 6.49. The zero-order valence-corrected chi connectivity index (χ0v) is 10.4. The highest BCUT2D eigenvalue weighted by Crippen LogP contribution is 2.17. The van der Waals surface area contributed by atoms with Crippen molar-refractivity contribution in [1.82, 2.24) is 20.3 Å². The van der Waals surface area contributed by atoms with E-state index in [0.717, 1.165) is 38.8 Å². The van der Waals surface area contributed by atoms with Crippen LogP contribution in [-0.4, -0.2) is 33.9 Å². The molecule has 1 aliphatic heterocycles. The van der Waals surface area contributed by atoms with E-state index in [1.54, 1.807) is 0 Å². The third-order valence-electron chi connectivity index (χ3n) is 3.24. The normalized spacial score (nSPS) is 17.2. The van der Waals surface area contributed by atoms with Gasteiger partial charge in [0.2, 0.25) is 0 Å². The Morgan fingerprint density at radius 1 is 1.53 bits per heavy atom. The number of Topliss-reactive ketones (excluding diaryl/α,β-unsaturated/α-hetero) is 1. The average molecular weight is 236 g/mol. The molecule has 2 rings (SSSR count). The monoisotopic (exact) mass is 236 g/mol. The van der Waals surface area contributed by atoms with Crippen LogP contribution >= 0.6 is 0 Å². The van der Waals surface area contributed by atoms with Gasteiger partial charge in [0.15, 0.2) is 5.78 Å². The number of nitrogens with one attached hydrogen (secondary N) is 1. The van der Waals surface area contributed by atoms with Gasteiger partial charge in [-0.1, -0.05) is 18.6 Å². The second-order valence-corrected chi connectivity index (χ2v) is 4.59. The van der Waals surface area contributed by atoms with Crippen LogP contribution in [0.25, 0.3) is 0 Å². The van der Waals surface area contributed by atoms with Gasteiger partial charge in [-0.15, -0.1) is 5.10 Å². The molecule has 1 aromatic heterocycles. The molecule has 2 heterocycles. The first kappa shape index (κ1) is 12.2. The maximum atomic E-state index is 11.8. The molecule has 0 bridgehead atoms. The van der Waals surface area contributed by atoms with Crippen molar-refractivity contribution < 1.29 is 4.79 Å². The predicted molar refractivity (Wildman–Crippen MR) is 65.0 cm³/mol. The zero-order valence-electron chi connectivity index (χ0n) is 10.4. The van der Waals surface area contributed by atoms with Crippen molar-refractivity contribution in [3.05, 3.63) is 11.9 Å². The summed E-state index contributed by atoms with van der Waals surface area (Å²) < 4.78 is 1.86. The molecule has 0 spiro atoms. The maximum Gasteiger partial charge on any atom is 0.184 e. The Morgan fingerprint density at radius 2 is 2.29 bits per heavy atom. The standard InChI is InChI=1S/C12H20N4O/c1-2-3-4-12(17)11-9-16(15-14-11)10-5-7-13-8-6-10/h9-10,13H,2-8H2,1H3. The lowest BCUT2D eigenvalue weighted by Crippen LogP contribution is -2.29. The van der Waals surface area contributed by atoms with Gasteiger partial charge in [-0.05, 0) is 32.4 Å². The van der Waals surface area contributed by atoms with Gasteiger partial charge in [-0.2, -0.15) is 0 Å². The third kappa shape index (κ3) is 3.12. The summed E-state index contributed by atoms with van der Waals surface area (Å²) in [5.74, 6) is 0.118. The average Bonchev–Trinajstić information content (AvgIpc) is 2.86. The Balaban J connectivity index is 1.97. The lowest BCUT2D eigenvalue weighted by molar-refractivity contribution is 0.0975. The number of hydrogen-bond donors (Lipinski definition) is 1. The van der Waals surface area contributed by atoms with E-state index in [0.29, 0.717) is 18.2 Å². The number of rotatable bonds is 5. The highest BCUT2D eigenvalue weighted by Gasteiger charge is 2.18. The molecular weight excluding hydrogens is 216 g/mol. The summed E-state index contributed by atoms with van der Waals surface area (Å²) in [6.45, 7) is 4.12. The number of ketones is 1. The maximum absolute atomic E-state index is 11.8. The third-order valence-corrected chi connectivity index (χ3v) is 3.24. The minimum Gasteiger partial charge on any atom is -0.317 e. The minimum atomic E-state index is 0.118. The van der Waals surface area contributed by atoms with Crippen LogP contribution in [-0.2, 0) is 0 Å². The first-order valence-electron chi connectivity index (χ1n) is 6.47. The summed E-state index contributed by atoms with van der Waals surface area (Å²) in [5.41, 5.74) is 0.525. The van der Waals surface area contributed by atoms with Gasteiger partial charge in [0, 0.05) is 6.42 Å². The Bertz CT molecular complexity index is 368. The fourth-order valence-corrected chi connectivity index (χ4v) is 2.12. The molecular formula is C12H20N4O. The van der Waals surface area contributed by atoms with E-state index in [1.807, 2.05) is 10.9 Å². The van der Waals surface area contributed by atoms with Crippen LogP contribution in [0.2, 0.25) is 0 Å². The van der Waals surface area contributed by atoms with E-state index in [1.165, 1.54) is 0 Å². The fraction of sp³-hybridized carbons (Fsp3) is 0.750. The first-order chi connectivity index (χ1) is 8.31. The van der Waals surface area contributed by atoms with Crippen molar-refractivity contribution in [2.75, 3.05) is 13.1 Å². The Kier molecular flexibility index (Phi) is 4.25. The molecule has 1 aromatic rings. The van der Waals surface area contributed by atoms with Crippen molar-refractivity contribution in [1.29, 1.82) is 0 Å². The van der Waals surface area contributed by atoms with Gasteiger partial charge in [0.1, 0.15) is 5.69 Å². The highest BCUT2D eigenvalue weighted by molar-refractivity contribution is 5.93. The molecule has 5 heteroatoms. The van der Waals surface area contributed by atoms with Crippen LogP contribution in [0.3, 0.4) is 0 Å². The molecule has 0 aliphatic carbocycles. The molecule has 0 amide bonds. The number of carbonyl (C=O) groups is 1. The molecule has 94 valence electrons. The summed E-state index contributed by atoms with van der Waals surface area (Å²) in [4.78, 5) is 11.8. The fourth-order valence-electron chi connectivity index (χ4n) is 2.12. The second kappa shape index (κ2) is 5.91. The Morgan fingerprint density at radius 3 is 3.00 bits per heavy atom. The Hall–Kier alpha value is -1.23. The number of aromatic nitrogens is 3. The van der Waals surface area contributed by atoms with Gasteiger partial charge < -0.3 is 5.32 Å². The van der Waals surface area contributed by atoms with Crippen molar-refractivity contribution in [2.24, 2.45) is 0 Å². The van der Waals surface area contributed by atoms with E-state index in [9.17, 15) is 4.79 Å². The van der Waals surface area contributed by atoms with E-state index < -0.39 is 0 Å². The molecule has 1 aliphatic rings. The van der Waals surface area contributed by atoms with Crippen LogP contribution in [0.15, 0.2) is 6.20 Å². The molecule has 5 nitrogen and oxygen atoms in total. The quantitative estimate of drug-likeness (QED) is 0.788. The van der Waals surface area contributed by atoms with Gasteiger partial charge >= 0.3 is 0 Å². The van der Waals surface area contributed by atoms with E-state index >= 15 is 0 Å². The number of unbranched alkanes of at least 4 members (excludes halogenated alkanes) is 1. The molecule has 0 saturated carbocycles. The van der Waals surface area contributed by atoms with E-state index in [2.05, 4.69) is 22.6 Å². The lowest BCUT2D eigenvalue weighted by atomic mass is 10.1. The summed E-state index contributed by atoms with van der Waals surface area (Å²) in [5, 5.41) is 11.4. The molecule has 0 radical (unpaired) electrons. The van der Waals surface area contributed by atoms with Crippen molar-refractivity contribution in [3.63, 3.8) is 0 Å². The summed E-state index contributed by atoms with van der Waals surface area (Å²) in [6, 6.07) is 0.400. The van der Waals surface area contributed by atoms with Crippen molar-refractivity contribution in [2.45, 2.75) is 45.1 Å². The van der Waals surface area contributed by atoms with Crippen LogP contribution in [0, 0.1) is 0 Å². The van der Waals surface area contributed by atoms with Gasteiger partial charge in [-0.25, -0.2) is 4.68 Å². The molecule has 1 N–H and O–H groups in total. The van der Waals surface area contributed by atoms with Crippen molar-refractivity contribution >= 4 is 5.78 Å². The minimum absolute atomic E-state index is 0.118. The molecule has 1 fully saturated rings. The number of nitrogens with zero attached hydrogens (tertiary/aromatic N) is 3. The molecule has 0 unspecified atom stereocenters. The van der Waals surface area contributed by atoms with Crippen LogP contribution < -0.4 is 5.32 Å². The van der Waals surface area contributed by atoms with E-state index in [-0.39, 0.29) is 5.78 Å².